The average Bonchev–Trinajstić information content (AvgIpc) is 3.45. The number of nitrogens with one attached hydrogen (secondary N) is 1. The first-order chi connectivity index (χ1) is 12.8. The van der Waals surface area contributed by atoms with Gasteiger partial charge in [0.2, 0.25) is 0 Å². The summed E-state index contributed by atoms with van der Waals surface area (Å²) in [5.41, 5.74) is 1.28. The van der Waals surface area contributed by atoms with Gasteiger partial charge in [0.15, 0.2) is 0 Å². The number of hydrogen-bond donors (Lipinski definition) is 2. The van der Waals surface area contributed by atoms with Crippen molar-refractivity contribution in [2.75, 3.05) is 0 Å². The SMILES string of the molecule is CC(C)(O)C1CCC(NC(=O)c2cnc3cc(C4CC4)c(F)cc3c2)CC1. The summed E-state index contributed by atoms with van der Waals surface area (Å²) < 4.78 is 14.3. The first-order valence-corrected chi connectivity index (χ1v) is 9.93. The van der Waals surface area contributed by atoms with Gasteiger partial charge < -0.3 is 10.4 Å². The Kier molecular flexibility index (Phi) is 4.66. The molecule has 0 radical (unpaired) electrons. The standard InChI is InChI=1S/C22H27FN2O2/c1-22(2,27)16-5-7-17(8-6-16)25-21(26)15-9-14-10-19(23)18(13-3-4-13)11-20(14)24-12-15/h9-13,16-17,27H,3-8H2,1-2H3,(H,25,26). The second kappa shape index (κ2) is 6.86. The van der Waals surface area contributed by atoms with E-state index >= 15 is 0 Å². The van der Waals surface area contributed by atoms with Gasteiger partial charge in [-0.25, -0.2) is 4.39 Å². The van der Waals surface area contributed by atoms with Gasteiger partial charge in [0.1, 0.15) is 5.82 Å². The van der Waals surface area contributed by atoms with E-state index in [-0.39, 0.29) is 23.7 Å². The van der Waals surface area contributed by atoms with Gasteiger partial charge in [-0.1, -0.05) is 0 Å². The Bertz CT molecular complexity index is 862. The van der Waals surface area contributed by atoms with Crippen molar-refractivity contribution < 1.29 is 14.3 Å². The number of rotatable bonds is 4. The largest absolute Gasteiger partial charge is 0.390 e. The molecule has 1 aromatic carbocycles. The number of aromatic nitrogens is 1. The van der Waals surface area contributed by atoms with Crippen molar-refractivity contribution in [2.45, 2.75) is 69.9 Å². The van der Waals surface area contributed by atoms with E-state index in [2.05, 4.69) is 10.3 Å². The lowest BCUT2D eigenvalue weighted by molar-refractivity contribution is -0.00257. The molecule has 1 heterocycles. The molecule has 27 heavy (non-hydrogen) atoms. The van der Waals surface area contributed by atoms with Crippen LogP contribution >= 0.6 is 0 Å². The van der Waals surface area contributed by atoms with Crippen molar-refractivity contribution in [3.05, 3.63) is 41.3 Å². The fraction of sp³-hybridized carbons (Fsp3) is 0.545. The number of halogens is 1. The molecule has 4 rings (SSSR count). The number of carbonyl (C=O) groups is 1. The van der Waals surface area contributed by atoms with Crippen LogP contribution in [-0.4, -0.2) is 27.6 Å². The van der Waals surface area contributed by atoms with Gasteiger partial charge in [0, 0.05) is 17.6 Å². The average molecular weight is 370 g/mol. The Balaban J connectivity index is 1.44. The maximum atomic E-state index is 14.3. The summed E-state index contributed by atoms with van der Waals surface area (Å²) in [6.07, 6.45) is 7.19. The quantitative estimate of drug-likeness (QED) is 0.843. The van der Waals surface area contributed by atoms with Crippen molar-refractivity contribution in [1.29, 1.82) is 0 Å². The van der Waals surface area contributed by atoms with Gasteiger partial charge in [-0.15, -0.1) is 0 Å². The zero-order valence-electron chi connectivity index (χ0n) is 16.0. The van der Waals surface area contributed by atoms with Crippen LogP contribution in [0.15, 0.2) is 24.4 Å². The molecule has 0 bridgehead atoms. The Morgan fingerprint density at radius 1 is 1.15 bits per heavy atom. The molecule has 144 valence electrons. The van der Waals surface area contributed by atoms with Crippen molar-refractivity contribution in [3.8, 4) is 0 Å². The number of benzene rings is 1. The van der Waals surface area contributed by atoms with Gasteiger partial charge in [-0.3, -0.25) is 9.78 Å². The highest BCUT2D eigenvalue weighted by molar-refractivity contribution is 5.97. The van der Waals surface area contributed by atoms with Crippen LogP contribution in [-0.2, 0) is 0 Å². The summed E-state index contributed by atoms with van der Waals surface area (Å²) in [6.45, 7) is 3.70. The predicted octanol–water partition coefficient (Wildman–Crippen LogP) is 4.31. The third-order valence-corrected chi connectivity index (χ3v) is 6.14. The van der Waals surface area contributed by atoms with Crippen LogP contribution in [0.25, 0.3) is 10.9 Å². The Morgan fingerprint density at radius 3 is 2.48 bits per heavy atom. The number of aliphatic hydroxyl groups is 1. The molecule has 1 amide bonds. The van der Waals surface area contributed by atoms with Gasteiger partial charge in [0.05, 0.1) is 16.7 Å². The molecule has 5 heteroatoms. The van der Waals surface area contributed by atoms with E-state index in [0.717, 1.165) is 49.6 Å². The first-order valence-electron chi connectivity index (χ1n) is 9.93. The molecule has 2 aliphatic rings. The number of carbonyl (C=O) groups excluding carboxylic acids is 1. The molecule has 0 unspecified atom stereocenters. The van der Waals surface area contributed by atoms with Crippen molar-refractivity contribution in [2.24, 2.45) is 5.92 Å². The summed E-state index contributed by atoms with van der Waals surface area (Å²) in [6, 6.07) is 5.16. The maximum Gasteiger partial charge on any atom is 0.253 e. The van der Waals surface area contributed by atoms with Crippen LogP contribution in [0.5, 0.6) is 0 Å². The number of amides is 1. The lowest BCUT2D eigenvalue weighted by atomic mass is 9.77. The molecular weight excluding hydrogens is 343 g/mol. The molecule has 0 spiro atoms. The molecule has 0 saturated heterocycles. The Labute approximate surface area is 159 Å². The lowest BCUT2D eigenvalue weighted by Crippen LogP contribution is -2.41. The van der Waals surface area contributed by atoms with Crippen LogP contribution < -0.4 is 5.32 Å². The van der Waals surface area contributed by atoms with Crippen molar-refractivity contribution >= 4 is 16.8 Å². The minimum absolute atomic E-state index is 0.112. The zero-order valence-corrected chi connectivity index (χ0v) is 16.0. The molecule has 2 N–H and O–H groups in total. The summed E-state index contributed by atoms with van der Waals surface area (Å²) in [4.78, 5) is 17.0. The summed E-state index contributed by atoms with van der Waals surface area (Å²) >= 11 is 0. The number of nitrogens with zero attached hydrogens (tertiary/aromatic N) is 1. The summed E-state index contributed by atoms with van der Waals surface area (Å²) in [7, 11) is 0. The third-order valence-electron chi connectivity index (χ3n) is 6.14. The van der Waals surface area contributed by atoms with Crippen molar-refractivity contribution in [1.82, 2.24) is 10.3 Å². The fourth-order valence-corrected chi connectivity index (χ4v) is 4.21. The predicted molar refractivity (Wildman–Crippen MR) is 103 cm³/mol. The monoisotopic (exact) mass is 370 g/mol. The fourth-order valence-electron chi connectivity index (χ4n) is 4.21. The highest BCUT2D eigenvalue weighted by Gasteiger charge is 2.32. The third kappa shape index (κ3) is 3.98. The van der Waals surface area contributed by atoms with Gasteiger partial charge in [-0.2, -0.15) is 0 Å². The minimum Gasteiger partial charge on any atom is -0.390 e. The number of pyridine rings is 1. The molecule has 0 atom stereocenters. The van der Waals surface area contributed by atoms with Crippen LogP contribution in [0.4, 0.5) is 4.39 Å². The van der Waals surface area contributed by atoms with Gasteiger partial charge in [0.25, 0.3) is 5.91 Å². The number of hydrogen-bond acceptors (Lipinski definition) is 3. The van der Waals surface area contributed by atoms with E-state index < -0.39 is 5.60 Å². The second-order valence-electron chi connectivity index (χ2n) is 8.74. The van der Waals surface area contributed by atoms with Crippen LogP contribution in [0.3, 0.4) is 0 Å². The molecule has 2 aliphatic carbocycles. The molecular formula is C22H27FN2O2. The first kappa shape index (κ1) is 18.4. The highest BCUT2D eigenvalue weighted by atomic mass is 19.1. The highest BCUT2D eigenvalue weighted by Crippen LogP contribution is 2.42. The molecule has 0 aliphatic heterocycles. The minimum atomic E-state index is -0.666. The smallest absolute Gasteiger partial charge is 0.253 e. The van der Waals surface area contributed by atoms with E-state index in [1.165, 1.54) is 6.07 Å². The second-order valence-corrected chi connectivity index (χ2v) is 8.74. The molecule has 2 saturated carbocycles. The maximum absolute atomic E-state index is 14.3. The normalized spacial score (nSPS) is 23.4. The summed E-state index contributed by atoms with van der Waals surface area (Å²) in [5, 5.41) is 13.9. The topological polar surface area (TPSA) is 62.2 Å². The molecule has 4 nitrogen and oxygen atoms in total. The van der Waals surface area contributed by atoms with Crippen LogP contribution in [0, 0.1) is 11.7 Å². The van der Waals surface area contributed by atoms with Crippen LogP contribution in [0.1, 0.15) is 74.2 Å². The Hall–Kier alpha value is -2.01. The van der Waals surface area contributed by atoms with E-state index in [4.69, 9.17) is 0 Å². The lowest BCUT2D eigenvalue weighted by Gasteiger charge is -2.36. The van der Waals surface area contributed by atoms with Crippen LogP contribution in [0.2, 0.25) is 0 Å². The van der Waals surface area contributed by atoms with Gasteiger partial charge in [-0.05, 0) is 88.0 Å². The Morgan fingerprint density at radius 2 is 1.85 bits per heavy atom. The van der Waals surface area contributed by atoms with E-state index in [9.17, 15) is 14.3 Å². The van der Waals surface area contributed by atoms with E-state index in [0.29, 0.717) is 16.9 Å². The summed E-state index contributed by atoms with van der Waals surface area (Å²) in [5.74, 6) is 0.243. The van der Waals surface area contributed by atoms with E-state index in [1.807, 2.05) is 19.9 Å². The number of fused-ring (bicyclic) bond motifs is 1. The molecule has 2 fully saturated rings. The zero-order chi connectivity index (χ0) is 19.2. The molecule has 1 aromatic heterocycles. The van der Waals surface area contributed by atoms with Crippen molar-refractivity contribution in [3.63, 3.8) is 0 Å². The van der Waals surface area contributed by atoms with E-state index in [1.54, 1.807) is 12.3 Å². The molecule has 2 aromatic rings. The van der Waals surface area contributed by atoms with Gasteiger partial charge >= 0.3 is 0 Å².